The van der Waals surface area contributed by atoms with Crippen molar-refractivity contribution in [3.63, 3.8) is 0 Å². The predicted molar refractivity (Wildman–Crippen MR) is 162 cm³/mol. The first kappa shape index (κ1) is 76.9. The molecule has 0 aromatic rings. The van der Waals surface area contributed by atoms with Crippen LogP contribution in [0.4, 0.5) is 184 Å². The van der Waals surface area contributed by atoms with Gasteiger partial charge in [-0.05, 0) is 0 Å². The molecule has 76 heavy (non-hydrogen) atoms. The third kappa shape index (κ3) is 11.5. The number of rotatable bonds is 21. The zero-order valence-electron chi connectivity index (χ0n) is 34.6. The van der Waals surface area contributed by atoms with Crippen molar-refractivity contribution in [3.8, 4) is 0 Å². The van der Waals surface area contributed by atoms with Crippen molar-refractivity contribution in [1.82, 2.24) is 0 Å². The van der Waals surface area contributed by atoms with E-state index in [1.807, 2.05) is 0 Å². The molecule has 4 nitrogen and oxygen atoms in total. The van der Waals surface area contributed by atoms with E-state index in [2.05, 4.69) is 0 Å². The summed E-state index contributed by atoms with van der Waals surface area (Å²) in [6, 6.07) is 0. The van der Waals surface area contributed by atoms with Crippen LogP contribution >= 0.6 is 23.5 Å². The topological polar surface area (TPSA) is 74.6 Å². The fourth-order valence-corrected chi connectivity index (χ4v) is 6.10. The van der Waals surface area contributed by atoms with Crippen LogP contribution < -0.4 is 0 Å². The predicted octanol–water partition coefficient (Wildman–Crippen LogP) is 15.9. The molecule has 2 N–H and O–H groups in total. The van der Waals surface area contributed by atoms with Crippen LogP contribution in [-0.2, 0) is 9.59 Å². The quantitative estimate of drug-likeness (QED) is 0.112. The largest absolute Gasteiger partial charge is 0.481 e. The zero-order valence-corrected chi connectivity index (χ0v) is 36.2. The van der Waals surface area contributed by atoms with Gasteiger partial charge in [0, 0.05) is 24.3 Å². The number of carbonyl (C=O) groups is 2. The fraction of sp³-hybridized carbons (Fsp3) is 0.929. The molecule has 458 valence electrons. The molecule has 0 aliphatic heterocycles. The molecule has 0 spiro atoms. The second-order valence-corrected chi connectivity index (χ2v) is 16.9. The van der Waals surface area contributed by atoms with Crippen molar-refractivity contribution in [2.75, 3.05) is 0 Å². The minimum Gasteiger partial charge on any atom is -0.481 e. The van der Waals surface area contributed by atoms with Crippen molar-refractivity contribution < 1.29 is 204 Å². The Labute approximate surface area is 396 Å². The number of carboxylic acid groups (broad SMARTS) is 2. The second kappa shape index (κ2) is 21.0. The molecule has 0 saturated carbocycles. The highest BCUT2D eigenvalue weighted by Gasteiger charge is 3.00. The molecule has 0 radical (unpaired) electrons. The van der Waals surface area contributed by atoms with Crippen molar-refractivity contribution in [1.29, 1.82) is 0 Å². The van der Waals surface area contributed by atoms with Crippen LogP contribution in [0.3, 0.4) is 0 Å². The van der Waals surface area contributed by atoms with E-state index in [0.717, 1.165) is 13.8 Å². The van der Waals surface area contributed by atoms with E-state index in [0.29, 0.717) is 0 Å². The SMILES string of the molecule is CC(=O)O.CC(=O)O.CC(SC(F)(F)C(F)(F)C(F)(F)C(F)(F)C(F)(F)C(F)(F)C(F)(F)C(F)(F)C(F)(F)C(F)(F)F)C(C)SC(F)(F)C(F)(F)C(F)(F)C(F)(F)C(F)(F)C(F)(F)C(F)(F)C(F)(F)C(F)(F)C(F)(F)F. The highest BCUT2D eigenvalue weighted by molar-refractivity contribution is 8.04. The van der Waals surface area contributed by atoms with Gasteiger partial charge in [-0.3, -0.25) is 9.59 Å². The molecule has 2 atom stereocenters. The Balaban J connectivity index is -0.00000617. The number of halogens is 42. The van der Waals surface area contributed by atoms with E-state index in [4.69, 9.17) is 19.8 Å². The van der Waals surface area contributed by atoms with Gasteiger partial charge in [0.05, 0.1) is 0 Å². The number of thioether (sulfide) groups is 2. The molecule has 0 bridgehead atoms. The summed E-state index contributed by atoms with van der Waals surface area (Å²) in [4.78, 5) is 18.0. The lowest BCUT2D eigenvalue weighted by Gasteiger charge is -2.45. The standard InChI is InChI=1S/C24H8F42S2.2C2H4O2/c1-3(67-23(63,64)19(53,54)15(45,46)11(37,38)7(29,30)5(25,26)9(33,34)13(41,42)17(49,50)21(57,58)59)4(2)68-24(65,66)20(55,56)16(47,48)12(39,40)8(31,32)6(27,28)10(35,36)14(43,44)18(51,52)22(60,61)62;2*1-2(3)4/h3-4H,1-2H3;2*1H3,(H,3,4). The molecule has 0 heterocycles. The van der Waals surface area contributed by atoms with Crippen molar-refractivity contribution in [2.45, 2.75) is 156 Å². The first-order valence-corrected chi connectivity index (χ1v) is 18.4. The molecule has 0 aromatic heterocycles. The summed E-state index contributed by atoms with van der Waals surface area (Å²) in [5.74, 6) is -152. The zero-order chi connectivity index (χ0) is 63.7. The van der Waals surface area contributed by atoms with Gasteiger partial charge in [-0.2, -0.15) is 184 Å². The van der Waals surface area contributed by atoms with Gasteiger partial charge in [-0.15, -0.1) is 0 Å². The van der Waals surface area contributed by atoms with E-state index in [1.54, 1.807) is 0 Å². The molecule has 0 rings (SSSR count). The molecule has 48 heteroatoms. The number of alkyl halides is 42. The summed E-state index contributed by atoms with van der Waals surface area (Å²) in [6.45, 7) is 0.674. The van der Waals surface area contributed by atoms with E-state index in [9.17, 15) is 184 Å². The Kier molecular flexibility index (Phi) is 21.2. The van der Waals surface area contributed by atoms with E-state index >= 15 is 0 Å². The van der Waals surface area contributed by atoms with Crippen molar-refractivity contribution in [3.05, 3.63) is 0 Å². The van der Waals surface area contributed by atoms with Gasteiger partial charge in [0.1, 0.15) is 0 Å². The van der Waals surface area contributed by atoms with Gasteiger partial charge >= 0.3 is 118 Å². The Bertz CT molecular complexity index is 1850. The highest BCUT2D eigenvalue weighted by atomic mass is 32.2. The monoisotopic (exact) mass is 1280 g/mol. The maximum Gasteiger partial charge on any atom is 0.460 e. The van der Waals surface area contributed by atoms with Gasteiger partial charge in [0.2, 0.25) is 0 Å². The molecule has 0 aromatic carbocycles. The van der Waals surface area contributed by atoms with Crippen LogP contribution in [-0.4, -0.2) is 150 Å². The minimum absolute atomic E-state index is 0.747. The van der Waals surface area contributed by atoms with Crippen LogP contribution in [0.5, 0.6) is 0 Å². The first-order valence-electron chi connectivity index (χ1n) is 16.7. The van der Waals surface area contributed by atoms with Crippen LogP contribution in [0, 0.1) is 0 Å². The summed E-state index contributed by atoms with van der Waals surface area (Å²) in [5.41, 5.74) is 0. The van der Waals surface area contributed by atoms with Crippen molar-refractivity contribution in [2.24, 2.45) is 0 Å². The number of carboxylic acids is 2. The lowest BCUT2D eigenvalue weighted by atomic mass is 9.87. The fourth-order valence-electron chi connectivity index (χ4n) is 3.89. The van der Waals surface area contributed by atoms with Crippen LogP contribution in [0.1, 0.15) is 27.7 Å². The number of hydrogen-bond acceptors (Lipinski definition) is 4. The average molecular weight is 1280 g/mol. The van der Waals surface area contributed by atoms with Gasteiger partial charge in [0.25, 0.3) is 11.9 Å². The lowest BCUT2D eigenvalue weighted by Crippen LogP contribution is -2.76. The van der Waals surface area contributed by atoms with Crippen LogP contribution in [0.25, 0.3) is 0 Å². The normalized spacial score (nSPS) is 16.8. The average Bonchev–Trinajstić information content (AvgIpc) is 3.14. The summed E-state index contributed by atoms with van der Waals surface area (Å²) in [7, 11) is 0. The highest BCUT2D eigenvalue weighted by Crippen LogP contribution is 2.70. The molecule has 0 fully saturated rings. The van der Waals surface area contributed by atoms with E-state index in [-0.39, 0.29) is 0 Å². The van der Waals surface area contributed by atoms with Gasteiger partial charge < -0.3 is 10.2 Å². The van der Waals surface area contributed by atoms with E-state index < -0.39 is 177 Å². The Hall–Kier alpha value is -3.30. The summed E-state index contributed by atoms with van der Waals surface area (Å²) < 4.78 is 569. The maximum atomic E-state index is 14.3. The molecule has 2 unspecified atom stereocenters. The van der Waals surface area contributed by atoms with Crippen molar-refractivity contribution >= 4 is 35.5 Å². The van der Waals surface area contributed by atoms with E-state index in [1.165, 1.54) is 0 Å². The summed E-state index contributed by atoms with van der Waals surface area (Å²) in [5, 5.41) is -8.82. The summed E-state index contributed by atoms with van der Waals surface area (Å²) >= 11 is -5.99. The van der Waals surface area contributed by atoms with Gasteiger partial charge in [0.15, 0.2) is 0 Å². The van der Waals surface area contributed by atoms with Gasteiger partial charge in [-0.1, -0.05) is 37.4 Å². The van der Waals surface area contributed by atoms with Crippen LogP contribution in [0.2, 0.25) is 0 Å². The minimum atomic E-state index is -9.75. The van der Waals surface area contributed by atoms with Gasteiger partial charge in [-0.25, -0.2) is 0 Å². The second-order valence-electron chi connectivity index (χ2n) is 13.9. The first-order chi connectivity index (χ1) is 32.0. The Morgan fingerprint density at radius 3 is 0.447 bits per heavy atom. The van der Waals surface area contributed by atoms with Crippen LogP contribution in [0.15, 0.2) is 0 Å². The third-order valence-corrected chi connectivity index (χ3v) is 11.1. The summed E-state index contributed by atoms with van der Waals surface area (Å²) in [6.07, 6.45) is -16.7. The Morgan fingerprint density at radius 1 is 0.250 bits per heavy atom. The molecular weight excluding hydrogens is 1260 g/mol. The number of aliphatic carboxylic acids is 2. The smallest absolute Gasteiger partial charge is 0.460 e. The molecular formula is C28H16F42O4S2. The maximum absolute atomic E-state index is 14.3. The molecule has 0 aliphatic carbocycles. The number of hydrogen-bond donors (Lipinski definition) is 2. The third-order valence-electron chi connectivity index (χ3n) is 8.29. The Morgan fingerprint density at radius 2 is 0.342 bits per heavy atom. The molecule has 0 amide bonds. The molecule has 0 aliphatic rings. The molecule has 0 saturated heterocycles. The lowest BCUT2D eigenvalue weighted by molar-refractivity contribution is -0.472.